The molecule has 0 spiro atoms. The Bertz CT molecular complexity index is 339. The Morgan fingerprint density at radius 1 is 1.29 bits per heavy atom. The van der Waals surface area contributed by atoms with Crippen LogP contribution in [0.25, 0.3) is 0 Å². The van der Waals surface area contributed by atoms with E-state index in [9.17, 15) is 4.39 Å². The predicted octanol–water partition coefficient (Wildman–Crippen LogP) is 2.75. The van der Waals surface area contributed by atoms with Gasteiger partial charge in [-0.1, -0.05) is 0 Å². The smallest absolute Gasteiger partial charge is 0.157 e. The number of halogens is 1. The van der Waals surface area contributed by atoms with E-state index < -0.39 is 0 Å². The molecule has 0 N–H and O–H groups in total. The Hall–Kier alpha value is -1.13. The molecular weight excluding hydrogens is 223 g/mol. The van der Waals surface area contributed by atoms with E-state index in [1.54, 1.807) is 19.2 Å². The van der Waals surface area contributed by atoms with Crippen molar-refractivity contribution in [3.63, 3.8) is 0 Å². The third kappa shape index (κ3) is 3.68. The molecule has 0 amide bonds. The van der Waals surface area contributed by atoms with Gasteiger partial charge in [-0.15, -0.1) is 0 Å². The molecule has 2 atom stereocenters. The first-order chi connectivity index (χ1) is 8.28. The average Bonchev–Trinajstić information content (AvgIpc) is 2.38. The molecule has 1 saturated heterocycles. The summed E-state index contributed by atoms with van der Waals surface area (Å²) in [6.07, 6.45) is 2.92. The van der Waals surface area contributed by atoms with Crippen molar-refractivity contribution in [2.24, 2.45) is 0 Å². The topological polar surface area (TPSA) is 27.7 Å². The summed E-state index contributed by atoms with van der Waals surface area (Å²) in [5, 5.41) is 0. The van der Waals surface area contributed by atoms with Crippen molar-refractivity contribution in [3.8, 4) is 5.75 Å². The molecular formula is C13H17FO3. The van der Waals surface area contributed by atoms with Gasteiger partial charge in [0.25, 0.3) is 0 Å². The number of benzene rings is 1. The Morgan fingerprint density at radius 3 is 2.76 bits per heavy atom. The quantitative estimate of drug-likeness (QED) is 0.810. The zero-order valence-electron chi connectivity index (χ0n) is 9.90. The van der Waals surface area contributed by atoms with E-state index in [0.717, 1.165) is 19.3 Å². The van der Waals surface area contributed by atoms with Crippen LogP contribution >= 0.6 is 0 Å². The van der Waals surface area contributed by atoms with Crippen LogP contribution in [0.5, 0.6) is 5.75 Å². The molecule has 3 nitrogen and oxygen atoms in total. The normalized spacial score (nSPS) is 24.6. The summed E-state index contributed by atoms with van der Waals surface area (Å²) in [5.41, 5.74) is 0. The molecule has 0 saturated carbocycles. The van der Waals surface area contributed by atoms with Crippen molar-refractivity contribution in [3.05, 3.63) is 30.1 Å². The van der Waals surface area contributed by atoms with Crippen LogP contribution in [0.4, 0.5) is 4.39 Å². The first kappa shape index (κ1) is 12.3. The second-order valence-corrected chi connectivity index (χ2v) is 4.12. The second-order valence-electron chi connectivity index (χ2n) is 4.12. The number of hydrogen-bond donors (Lipinski definition) is 0. The lowest BCUT2D eigenvalue weighted by Gasteiger charge is -2.28. The summed E-state index contributed by atoms with van der Waals surface area (Å²) in [4.78, 5) is 0. The van der Waals surface area contributed by atoms with Gasteiger partial charge in [-0.25, -0.2) is 4.39 Å². The van der Waals surface area contributed by atoms with E-state index in [4.69, 9.17) is 14.2 Å². The van der Waals surface area contributed by atoms with Crippen LogP contribution in [-0.2, 0) is 9.47 Å². The van der Waals surface area contributed by atoms with Gasteiger partial charge in [0, 0.05) is 7.11 Å². The monoisotopic (exact) mass is 240 g/mol. The van der Waals surface area contributed by atoms with Crippen LogP contribution in [-0.4, -0.2) is 26.1 Å². The molecule has 0 bridgehead atoms. The second kappa shape index (κ2) is 5.98. The highest BCUT2D eigenvalue weighted by molar-refractivity contribution is 5.22. The highest BCUT2D eigenvalue weighted by Crippen LogP contribution is 2.20. The van der Waals surface area contributed by atoms with Crippen LogP contribution < -0.4 is 4.74 Å². The van der Waals surface area contributed by atoms with Crippen LogP contribution in [0.2, 0.25) is 0 Å². The average molecular weight is 240 g/mol. The molecule has 0 aliphatic carbocycles. The van der Waals surface area contributed by atoms with Gasteiger partial charge in [-0.05, 0) is 43.5 Å². The van der Waals surface area contributed by atoms with E-state index >= 15 is 0 Å². The molecule has 1 aliphatic rings. The summed E-state index contributed by atoms with van der Waals surface area (Å²) in [6, 6.07) is 6.00. The van der Waals surface area contributed by atoms with E-state index in [2.05, 4.69) is 0 Å². The third-order valence-electron chi connectivity index (χ3n) is 2.82. The van der Waals surface area contributed by atoms with E-state index in [-0.39, 0.29) is 18.2 Å². The SMILES string of the molecule is COC1CCCC(COc2ccc(F)cc2)O1. The van der Waals surface area contributed by atoms with Crippen molar-refractivity contribution in [1.29, 1.82) is 0 Å². The minimum atomic E-state index is -0.259. The van der Waals surface area contributed by atoms with Crippen LogP contribution in [0.15, 0.2) is 24.3 Å². The number of rotatable bonds is 4. The summed E-state index contributed by atoms with van der Waals surface area (Å²) < 4.78 is 29.0. The first-order valence-electron chi connectivity index (χ1n) is 5.84. The van der Waals surface area contributed by atoms with Crippen LogP contribution in [0, 0.1) is 5.82 Å². The zero-order valence-corrected chi connectivity index (χ0v) is 9.90. The molecule has 4 heteroatoms. The molecule has 94 valence electrons. The standard InChI is InChI=1S/C13H17FO3/c1-15-13-4-2-3-12(17-13)9-16-11-7-5-10(14)6-8-11/h5-8,12-13H,2-4,9H2,1H3. The van der Waals surface area contributed by atoms with Crippen molar-refractivity contribution in [2.75, 3.05) is 13.7 Å². The fraction of sp³-hybridized carbons (Fsp3) is 0.538. The summed E-state index contributed by atoms with van der Waals surface area (Å²) in [6.45, 7) is 0.478. The largest absolute Gasteiger partial charge is 0.491 e. The van der Waals surface area contributed by atoms with Crippen molar-refractivity contribution < 1.29 is 18.6 Å². The Morgan fingerprint density at radius 2 is 2.06 bits per heavy atom. The fourth-order valence-electron chi connectivity index (χ4n) is 1.88. The zero-order chi connectivity index (χ0) is 12.1. The number of methoxy groups -OCH3 is 1. The summed E-state index contributed by atoms with van der Waals surface area (Å²) >= 11 is 0. The molecule has 0 radical (unpaired) electrons. The van der Waals surface area contributed by atoms with Gasteiger partial charge >= 0.3 is 0 Å². The molecule has 0 aromatic heterocycles. The van der Waals surface area contributed by atoms with E-state index in [0.29, 0.717) is 12.4 Å². The summed E-state index contributed by atoms with van der Waals surface area (Å²) in [7, 11) is 1.65. The third-order valence-corrected chi connectivity index (χ3v) is 2.82. The van der Waals surface area contributed by atoms with E-state index in [1.165, 1.54) is 12.1 Å². The Kier molecular flexibility index (Phi) is 4.34. The van der Waals surface area contributed by atoms with Gasteiger partial charge in [0.05, 0.1) is 6.10 Å². The molecule has 17 heavy (non-hydrogen) atoms. The van der Waals surface area contributed by atoms with Gasteiger partial charge in [0.2, 0.25) is 0 Å². The minimum Gasteiger partial charge on any atom is -0.491 e. The van der Waals surface area contributed by atoms with Crippen molar-refractivity contribution >= 4 is 0 Å². The number of ether oxygens (including phenoxy) is 3. The number of hydrogen-bond acceptors (Lipinski definition) is 3. The minimum absolute atomic E-state index is 0.0544. The first-order valence-corrected chi connectivity index (χ1v) is 5.84. The molecule has 2 rings (SSSR count). The highest BCUT2D eigenvalue weighted by Gasteiger charge is 2.22. The fourth-order valence-corrected chi connectivity index (χ4v) is 1.88. The highest BCUT2D eigenvalue weighted by atomic mass is 19.1. The van der Waals surface area contributed by atoms with Gasteiger partial charge in [0.15, 0.2) is 6.29 Å². The Labute approximate surface area is 100 Å². The molecule has 1 heterocycles. The lowest BCUT2D eigenvalue weighted by Crippen LogP contribution is -2.32. The van der Waals surface area contributed by atoms with E-state index in [1.807, 2.05) is 0 Å². The van der Waals surface area contributed by atoms with Gasteiger partial charge in [-0.3, -0.25) is 0 Å². The van der Waals surface area contributed by atoms with Crippen LogP contribution in [0.3, 0.4) is 0 Å². The van der Waals surface area contributed by atoms with Crippen molar-refractivity contribution in [1.82, 2.24) is 0 Å². The summed E-state index contributed by atoms with van der Waals surface area (Å²) in [5.74, 6) is 0.403. The lowest BCUT2D eigenvalue weighted by molar-refractivity contribution is -0.186. The maximum Gasteiger partial charge on any atom is 0.157 e. The molecule has 1 aromatic carbocycles. The van der Waals surface area contributed by atoms with Crippen LogP contribution in [0.1, 0.15) is 19.3 Å². The van der Waals surface area contributed by atoms with Crippen molar-refractivity contribution in [2.45, 2.75) is 31.7 Å². The molecule has 1 aromatic rings. The molecule has 2 unspecified atom stereocenters. The maximum atomic E-state index is 12.7. The Balaban J connectivity index is 1.79. The lowest BCUT2D eigenvalue weighted by atomic mass is 10.1. The predicted molar refractivity (Wildman–Crippen MR) is 61.4 cm³/mol. The molecule has 1 fully saturated rings. The van der Waals surface area contributed by atoms with Gasteiger partial charge in [0.1, 0.15) is 18.2 Å². The van der Waals surface area contributed by atoms with Gasteiger partial charge < -0.3 is 14.2 Å². The maximum absolute atomic E-state index is 12.7. The van der Waals surface area contributed by atoms with Gasteiger partial charge in [-0.2, -0.15) is 0 Å². The molecule has 1 aliphatic heterocycles.